The fourth-order valence-electron chi connectivity index (χ4n) is 2.20. The number of rotatable bonds is 5. The van der Waals surface area contributed by atoms with Crippen LogP contribution in [0.1, 0.15) is 22.8 Å². The Bertz CT molecular complexity index is 706. The van der Waals surface area contributed by atoms with E-state index in [-0.39, 0.29) is 5.78 Å². The molecule has 0 aromatic heterocycles. The number of carbonyl (C=O) groups is 1. The highest BCUT2D eigenvalue weighted by Crippen LogP contribution is 2.26. The quantitative estimate of drug-likeness (QED) is 0.533. The van der Waals surface area contributed by atoms with Gasteiger partial charge in [-0.25, -0.2) is 0 Å². The molecule has 1 heteroatoms. The van der Waals surface area contributed by atoms with E-state index in [0.717, 1.165) is 22.3 Å². The lowest BCUT2D eigenvalue weighted by molar-refractivity contribution is 0.101. The van der Waals surface area contributed by atoms with Crippen LogP contribution in [0.2, 0.25) is 0 Å². The third kappa shape index (κ3) is 3.46. The van der Waals surface area contributed by atoms with Crippen molar-refractivity contribution in [1.29, 1.82) is 0 Å². The maximum atomic E-state index is 11.8. The Labute approximate surface area is 126 Å². The van der Waals surface area contributed by atoms with Crippen LogP contribution in [0.15, 0.2) is 79.9 Å². The molecule has 2 aromatic rings. The van der Waals surface area contributed by atoms with E-state index in [4.69, 9.17) is 0 Å². The highest BCUT2D eigenvalue weighted by molar-refractivity contribution is 5.97. The van der Waals surface area contributed by atoms with E-state index in [9.17, 15) is 4.79 Å². The largest absolute Gasteiger partial charge is 0.295 e. The summed E-state index contributed by atoms with van der Waals surface area (Å²) in [6.45, 7) is 9.13. The zero-order chi connectivity index (χ0) is 15.2. The molecule has 0 saturated heterocycles. The van der Waals surface area contributed by atoms with Gasteiger partial charge < -0.3 is 0 Å². The summed E-state index contributed by atoms with van der Waals surface area (Å²) in [5.41, 5.74) is 4.73. The summed E-state index contributed by atoms with van der Waals surface area (Å²) in [7, 11) is 0. The van der Waals surface area contributed by atoms with Gasteiger partial charge in [0.2, 0.25) is 0 Å². The monoisotopic (exact) mass is 274 g/mol. The highest BCUT2D eigenvalue weighted by atomic mass is 16.1. The van der Waals surface area contributed by atoms with Crippen LogP contribution < -0.4 is 0 Å². The lowest BCUT2D eigenvalue weighted by Gasteiger charge is -2.09. The topological polar surface area (TPSA) is 17.1 Å². The molecule has 0 aliphatic carbocycles. The molecule has 2 aromatic carbocycles. The molecule has 0 atom stereocenters. The van der Waals surface area contributed by atoms with Gasteiger partial charge in [-0.15, -0.1) is 0 Å². The van der Waals surface area contributed by atoms with Gasteiger partial charge in [0.05, 0.1) is 0 Å². The Morgan fingerprint density at radius 2 is 1.62 bits per heavy atom. The number of hydrogen-bond donors (Lipinski definition) is 0. The summed E-state index contributed by atoms with van der Waals surface area (Å²) in [6.07, 6.45) is 5.39. The van der Waals surface area contributed by atoms with E-state index in [1.54, 1.807) is 19.1 Å². The van der Waals surface area contributed by atoms with Crippen LogP contribution in [0.3, 0.4) is 0 Å². The minimum absolute atomic E-state index is 0.0519. The number of hydrogen-bond acceptors (Lipinski definition) is 1. The summed E-state index contributed by atoms with van der Waals surface area (Å²) in [6, 6.07) is 15.9. The normalized spacial score (nSPS) is 11.0. The molecule has 0 fully saturated rings. The molecule has 0 heterocycles. The molecule has 21 heavy (non-hydrogen) atoms. The lowest BCUT2D eigenvalue weighted by atomic mass is 9.94. The minimum atomic E-state index is 0.0519. The van der Waals surface area contributed by atoms with Gasteiger partial charge in [0.1, 0.15) is 0 Å². The zero-order valence-corrected chi connectivity index (χ0v) is 12.2. The highest BCUT2D eigenvalue weighted by Gasteiger charge is 2.08. The van der Waals surface area contributed by atoms with Crippen molar-refractivity contribution in [3.8, 4) is 11.1 Å². The van der Waals surface area contributed by atoms with E-state index in [1.807, 2.05) is 48.5 Å². The van der Waals surface area contributed by atoms with E-state index in [1.165, 1.54) is 0 Å². The van der Waals surface area contributed by atoms with Crippen molar-refractivity contribution >= 4 is 11.4 Å². The van der Waals surface area contributed by atoms with Crippen molar-refractivity contribution in [2.45, 2.75) is 6.92 Å². The molecule has 2 rings (SSSR count). The first-order chi connectivity index (χ1) is 10.2. The van der Waals surface area contributed by atoms with Gasteiger partial charge in [-0.1, -0.05) is 61.7 Å². The van der Waals surface area contributed by atoms with Gasteiger partial charge in [0, 0.05) is 5.56 Å². The molecule has 0 aliphatic rings. The lowest BCUT2D eigenvalue weighted by Crippen LogP contribution is -1.95. The summed E-state index contributed by atoms with van der Waals surface area (Å²) in [5, 5.41) is 0. The predicted molar refractivity (Wildman–Crippen MR) is 90.3 cm³/mol. The van der Waals surface area contributed by atoms with Crippen molar-refractivity contribution < 1.29 is 4.79 Å². The summed E-state index contributed by atoms with van der Waals surface area (Å²) in [4.78, 5) is 11.8. The van der Waals surface area contributed by atoms with Crippen molar-refractivity contribution in [3.63, 3.8) is 0 Å². The Balaban J connectivity index is 2.65. The van der Waals surface area contributed by atoms with Gasteiger partial charge >= 0.3 is 0 Å². The van der Waals surface area contributed by atoms with E-state index < -0.39 is 0 Å². The number of benzene rings is 2. The average Bonchev–Trinajstić information content (AvgIpc) is 2.53. The molecular weight excluding hydrogens is 256 g/mol. The van der Waals surface area contributed by atoms with Crippen LogP contribution in [0.4, 0.5) is 0 Å². The molecule has 104 valence electrons. The Hall–Kier alpha value is -2.67. The Morgan fingerprint density at radius 3 is 2.19 bits per heavy atom. The van der Waals surface area contributed by atoms with Crippen molar-refractivity contribution in [2.75, 3.05) is 0 Å². The number of carbonyl (C=O) groups excluding carboxylic acids is 1. The van der Waals surface area contributed by atoms with Gasteiger partial charge in [0.25, 0.3) is 0 Å². The first-order valence-electron chi connectivity index (χ1n) is 6.82. The molecule has 0 unspecified atom stereocenters. The van der Waals surface area contributed by atoms with Crippen molar-refractivity contribution in [2.24, 2.45) is 0 Å². The molecule has 0 bridgehead atoms. The van der Waals surface area contributed by atoms with Gasteiger partial charge in [-0.05, 0) is 47.4 Å². The first kappa shape index (κ1) is 14.7. The maximum Gasteiger partial charge on any atom is 0.159 e. The second kappa shape index (κ2) is 6.67. The van der Waals surface area contributed by atoms with E-state index in [2.05, 4.69) is 19.2 Å². The second-order valence-electron chi connectivity index (χ2n) is 4.78. The minimum Gasteiger partial charge on any atom is -0.295 e. The van der Waals surface area contributed by atoms with E-state index >= 15 is 0 Å². The fourth-order valence-corrected chi connectivity index (χ4v) is 2.20. The Morgan fingerprint density at radius 1 is 0.952 bits per heavy atom. The molecule has 1 nitrogen and oxygen atoms in total. The maximum absolute atomic E-state index is 11.8. The third-order valence-electron chi connectivity index (χ3n) is 3.30. The van der Waals surface area contributed by atoms with Crippen LogP contribution >= 0.6 is 0 Å². The Kier molecular flexibility index (Phi) is 4.68. The fraction of sp³-hybridized carbons (Fsp3) is 0.0500. The second-order valence-corrected chi connectivity index (χ2v) is 4.78. The molecular formula is C20H18O. The molecule has 0 N–H and O–H groups in total. The summed E-state index contributed by atoms with van der Waals surface area (Å²) >= 11 is 0. The molecule has 0 radical (unpaired) electrons. The number of allylic oxidation sites excluding steroid dienone is 4. The zero-order valence-electron chi connectivity index (χ0n) is 12.2. The molecule has 0 aliphatic heterocycles. The average molecular weight is 274 g/mol. The smallest absolute Gasteiger partial charge is 0.159 e. The van der Waals surface area contributed by atoms with Crippen LogP contribution in [0.25, 0.3) is 16.7 Å². The molecule has 0 saturated carbocycles. The standard InChI is InChI=1S/C20H18O/c1-4-9-16(5-2)19-12-18(15(3)21)13-20(14-19)17-10-7-6-8-11-17/h4-14H,1-2H2,3H3/b16-9+. The van der Waals surface area contributed by atoms with Gasteiger partial charge in [0.15, 0.2) is 5.78 Å². The number of ketones is 1. The first-order valence-corrected chi connectivity index (χ1v) is 6.82. The van der Waals surface area contributed by atoms with Gasteiger partial charge in [-0.3, -0.25) is 4.79 Å². The number of Topliss-reactive ketones (excluding diaryl/α,β-unsaturated/α-hetero) is 1. The van der Waals surface area contributed by atoms with Crippen molar-refractivity contribution in [1.82, 2.24) is 0 Å². The summed E-state index contributed by atoms with van der Waals surface area (Å²) < 4.78 is 0. The molecule has 0 spiro atoms. The van der Waals surface area contributed by atoms with Crippen LogP contribution in [0.5, 0.6) is 0 Å². The van der Waals surface area contributed by atoms with Crippen LogP contribution in [-0.4, -0.2) is 5.78 Å². The molecule has 0 amide bonds. The van der Waals surface area contributed by atoms with E-state index in [0.29, 0.717) is 5.56 Å². The third-order valence-corrected chi connectivity index (χ3v) is 3.30. The van der Waals surface area contributed by atoms with Crippen molar-refractivity contribution in [3.05, 3.63) is 91.0 Å². The SMILES string of the molecule is C=C/C=C(\C=C)c1cc(C(C)=O)cc(-c2ccccc2)c1. The van der Waals surface area contributed by atoms with Gasteiger partial charge in [-0.2, -0.15) is 0 Å². The predicted octanol–water partition coefficient (Wildman–Crippen LogP) is 5.31. The summed E-state index contributed by atoms with van der Waals surface area (Å²) in [5.74, 6) is 0.0519. The van der Waals surface area contributed by atoms with Crippen LogP contribution in [0, 0.1) is 0 Å². The van der Waals surface area contributed by atoms with Crippen LogP contribution in [-0.2, 0) is 0 Å².